The molecule has 0 aliphatic rings. The van der Waals surface area contributed by atoms with Gasteiger partial charge in [0, 0.05) is 5.56 Å². The smallest absolute Gasteiger partial charge is 0.199 e. The molecule has 0 heterocycles. The van der Waals surface area contributed by atoms with Gasteiger partial charge in [-0.05, 0) is 48.5 Å². The molecule has 0 atom stereocenters. The van der Waals surface area contributed by atoms with Crippen molar-refractivity contribution in [1.82, 2.24) is 0 Å². The maximum Gasteiger partial charge on any atom is 0.199 e. The van der Waals surface area contributed by atoms with Crippen LogP contribution in [0, 0.1) is 11.6 Å². The maximum atomic E-state index is 14.1. The summed E-state index contributed by atoms with van der Waals surface area (Å²) in [7, 11) is 0. The summed E-state index contributed by atoms with van der Waals surface area (Å²) < 4.78 is 33.9. The average molecular weight is 414 g/mol. The fourth-order valence-corrected chi connectivity index (χ4v) is 3.16. The fraction of sp³-hybridized carbons (Fsp3) is 0. The van der Waals surface area contributed by atoms with Crippen LogP contribution in [-0.4, -0.2) is 11.6 Å². The lowest BCUT2D eigenvalue weighted by molar-refractivity contribution is 0.102. The summed E-state index contributed by atoms with van der Waals surface area (Å²) in [5.41, 5.74) is 0.302. The number of halogens is 2. The SMILES string of the molecule is O=C(c1cccc(Oc2ccccc2C(=O)c2ccccc2F)c1)c1ccccc1F. The number of carbonyl (C=O) groups is 2. The van der Waals surface area contributed by atoms with E-state index in [0.29, 0.717) is 0 Å². The molecule has 4 aromatic carbocycles. The van der Waals surface area contributed by atoms with Gasteiger partial charge in [-0.15, -0.1) is 0 Å². The molecule has 31 heavy (non-hydrogen) atoms. The van der Waals surface area contributed by atoms with Crippen molar-refractivity contribution < 1.29 is 23.1 Å². The molecule has 0 aliphatic carbocycles. The quantitative estimate of drug-likeness (QED) is 0.352. The van der Waals surface area contributed by atoms with Crippen LogP contribution in [-0.2, 0) is 0 Å². The van der Waals surface area contributed by atoms with Gasteiger partial charge in [0.15, 0.2) is 11.6 Å². The Labute approximate surface area is 177 Å². The van der Waals surface area contributed by atoms with Crippen LogP contribution >= 0.6 is 0 Å². The Morgan fingerprint density at radius 2 is 1.13 bits per heavy atom. The molecule has 0 N–H and O–H groups in total. The molecule has 4 rings (SSSR count). The Morgan fingerprint density at radius 1 is 0.581 bits per heavy atom. The zero-order valence-corrected chi connectivity index (χ0v) is 16.2. The van der Waals surface area contributed by atoms with Gasteiger partial charge in [-0.3, -0.25) is 9.59 Å². The van der Waals surface area contributed by atoms with Gasteiger partial charge >= 0.3 is 0 Å². The molecule has 0 fully saturated rings. The second kappa shape index (κ2) is 8.71. The van der Waals surface area contributed by atoms with Gasteiger partial charge in [-0.2, -0.15) is 0 Å². The molecular formula is C26H16F2O3. The highest BCUT2D eigenvalue weighted by Crippen LogP contribution is 2.29. The third kappa shape index (κ3) is 4.26. The lowest BCUT2D eigenvalue weighted by Crippen LogP contribution is -2.06. The van der Waals surface area contributed by atoms with E-state index in [0.717, 1.165) is 0 Å². The molecule has 152 valence electrons. The monoisotopic (exact) mass is 414 g/mol. The minimum absolute atomic E-state index is 0.0465. The average Bonchev–Trinajstić information content (AvgIpc) is 2.79. The Balaban J connectivity index is 1.65. The third-order valence-electron chi connectivity index (χ3n) is 4.69. The molecule has 0 bridgehead atoms. The first-order valence-corrected chi connectivity index (χ1v) is 9.50. The van der Waals surface area contributed by atoms with Crippen LogP contribution in [0.5, 0.6) is 11.5 Å². The first-order valence-electron chi connectivity index (χ1n) is 9.50. The van der Waals surface area contributed by atoms with Gasteiger partial charge in [-0.25, -0.2) is 8.78 Å². The van der Waals surface area contributed by atoms with Gasteiger partial charge in [0.2, 0.25) is 0 Å². The summed E-state index contributed by atoms with van der Waals surface area (Å²) in [6.45, 7) is 0. The number of carbonyl (C=O) groups excluding carboxylic acids is 2. The van der Waals surface area contributed by atoms with Crippen LogP contribution in [0.3, 0.4) is 0 Å². The van der Waals surface area contributed by atoms with Crippen molar-refractivity contribution in [3.63, 3.8) is 0 Å². The van der Waals surface area contributed by atoms with Crippen LogP contribution in [0.1, 0.15) is 31.8 Å². The standard InChI is InChI=1S/C26H16F2O3/c27-22-13-4-1-10-19(22)25(29)17-8-7-9-18(16-17)31-24-15-6-3-12-21(24)26(30)20-11-2-5-14-23(20)28/h1-16H. The molecule has 0 unspecified atom stereocenters. The van der Waals surface area contributed by atoms with E-state index < -0.39 is 23.2 Å². The van der Waals surface area contributed by atoms with E-state index in [1.165, 1.54) is 42.5 Å². The minimum atomic E-state index is -0.625. The molecule has 0 spiro atoms. The number of rotatable bonds is 6. The fourth-order valence-electron chi connectivity index (χ4n) is 3.16. The van der Waals surface area contributed by atoms with Crippen molar-refractivity contribution in [2.75, 3.05) is 0 Å². The van der Waals surface area contributed by atoms with Crippen LogP contribution in [0.25, 0.3) is 0 Å². The predicted molar refractivity (Wildman–Crippen MR) is 113 cm³/mol. The number of ketones is 2. The van der Waals surface area contributed by atoms with Crippen molar-refractivity contribution >= 4 is 11.6 Å². The first kappa shape index (κ1) is 20.2. The number of benzene rings is 4. The topological polar surface area (TPSA) is 43.4 Å². The van der Waals surface area contributed by atoms with E-state index >= 15 is 0 Å². The van der Waals surface area contributed by atoms with Crippen LogP contribution in [0.4, 0.5) is 8.78 Å². The van der Waals surface area contributed by atoms with E-state index in [-0.39, 0.29) is 33.8 Å². The molecule has 0 saturated heterocycles. The van der Waals surface area contributed by atoms with Crippen molar-refractivity contribution in [2.24, 2.45) is 0 Å². The Bertz CT molecular complexity index is 1280. The largest absolute Gasteiger partial charge is 0.457 e. The highest BCUT2D eigenvalue weighted by Gasteiger charge is 2.19. The van der Waals surface area contributed by atoms with Crippen LogP contribution in [0.2, 0.25) is 0 Å². The van der Waals surface area contributed by atoms with Gasteiger partial charge in [0.1, 0.15) is 23.1 Å². The minimum Gasteiger partial charge on any atom is -0.457 e. The molecule has 3 nitrogen and oxygen atoms in total. The van der Waals surface area contributed by atoms with Crippen molar-refractivity contribution in [1.29, 1.82) is 0 Å². The van der Waals surface area contributed by atoms with E-state index in [1.54, 1.807) is 54.6 Å². The summed E-state index contributed by atoms with van der Waals surface area (Å²) in [4.78, 5) is 25.5. The third-order valence-corrected chi connectivity index (χ3v) is 4.69. The summed E-state index contributed by atoms with van der Waals surface area (Å²) in [5.74, 6) is -1.74. The molecule has 0 amide bonds. The van der Waals surface area contributed by atoms with E-state index in [1.807, 2.05) is 0 Å². The number of hydrogen-bond acceptors (Lipinski definition) is 3. The zero-order chi connectivity index (χ0) is 21.8. The lowest BCUT2D eigenvalue weighted by Gasteiger charge is -2.12. The van der Waals surface area contributed by atoms with Gasteiger partial charge in [0.25, 0.3) is 0 Å². The molecule has 4 aromatic rings. The van der Waals surface area contributed by atoms with Gasteiger partial charge in [-0.1, -0.05) is 48.5 Å². The predicted octanol–water partition coefficient (Wildman–Crippen LogP) is 6.22. The molecule has 5 heteroatoms. The van der Waals surface area contributed by atoms with Gasteiger partial charge < -0.3 is 4.74 Å². The summed E-state index contributed by atoms with van der Waals surface area (Å²) in [6.07, 6.45) is 0. The second-order valence-corrected chi connectivity index (χ2v) is 6.74. The molecular weight excluding hydrogens is 398 g/mol. The van der Waals surface area contributed by atoms with E-state index in [4.69, 9.17) is 4.74 Å². The molecule has 0 saturated carbocycles. The van der Waals surface area contributed by atoms with Crippen LogP contribution in [0.15, 0.2) is 97.1 Å². The Hall–Kier alpha value is -4.12. The Morgan fingerprint density at radius 3 is 1.77 bits per heavy atom. The van der Waals surface area contributed by atoms with E-state index in [9.17, 15) is 18.4 Å². The van der Waals surface area contributed by atoms with E-state index in [2.05, 4.69) is 0 Å². The summed E-state index contributed by atoms with van der Waals surface area (Å²) in [5, 5.41) is 0. The van der Waals surface area contributed by atoms with Crippen LogP contribution < -0.4 is 4.74 Å². The maximum absolute atomic E-state index is 14.1. The molecule has 0 aliphatic heterocycles. The zero-order valence-electron chi connectivity index (χ0n) is 16.2. The number of hydrogen-bond donors (Lipinski definition) is 0. The van der Waals surface area contributed by atoms with Crippen molar-refractivity contribution in [3.8, 4) is 11.5 Å². The van der Waals surface area contributed by atoms with Gasteiger partial charge in [0.05, 0.1) is 16.7 Å². The Kier molecular flexibility index (Phi) is 5.67. The van der Waals surface area contributed by atoms with Crippen molar-refractivity contribution in [3.05, 3.63) is 131 Å². The van der Waals surface area contributed by atoms with Crippen molar-refractivity contribution in [2.45, 2.75) is 0 Å². The highest BCUT2D eigenvalue weighted by atomic mass is 19.1. The summed E-state index contributed by atoms with van der Waals surface area (Å²) >= 11 is 0. The molecule has 0 aromatic heterocycles. The molecule has 0 radical (unpaired) electrons. The lowest BCUT2D eigenvalue weighted by atomic mass is 10.0. The number of para-hydroxylation sites is 1. The summed E-state index contributed by atoms with van der Waals surface area (Å²) in [6, 6.07) is 24.1. The second-order valence-electron chi connectivity index (χ2n) is 6.74. The normalized spacial score (nSPS) is 10.5. The number of ether oxygens (including phenoxy) is 1. The first-order chi connectivity index (χ1) is 15.0. The highest BCUT2D eigenvalue weighted by molar-refractivity contribution is 6.11.